The molecule has 9 nitrogen and oxygen atoms in total. The van der Waals surface area contributed by atoms with Crippen LogP contribution in [0.1, 0.15) is 49.8 Å². The van der Waals surface area contributed by atoms with E-state index >= 15 is 0 Å². The molecule has 37 heavy (non-hydrogen) atoms. The summed E-state index contributed by atoms with van der Waals surface area (Å²) in [6, 6.07) is 10.7. The number of urea groups is 1. The van der Waals surface area contributed by atoms with Crippen molar-refractivity contribution in [3.8, 4) is 0 Å². The number of imide groups is 1. The highest BCUT2D eigenvalue weighted by Gasteiger charge is 2.59. The van der Waals surface area contributed by atoms with E-state index in [-0.39, 0.29) is 30.2 Å². The molecule has 3 aliphatic rings. The maximum absolute atomic E-state index is 13.6. The lowest BCUT2D eigenvalue weighted by Crippen LogP contribution is -2.51. The van der Waals surface area contributed by atoms with Crippen molar-refractivity contribution >= 4 is 29.6 Å². The summed E-state index contributed by atoms with van der Waals surface area (Å²) in [4.78, 5) is 54.3. The zero-order valence-corrected chi connectivity index (χ0v) is 21.0. The van der Waals surface area contributed by atoms with Gasteiger partial charge in [0.15, 0.2) is 0 Å². The first-order valence-electron chi connectivity index (χ1n) is 12.3. The smallest absolute Gasteiger partial charge is 0.418 e. The van der Waals surface area contributed by atoms with Crippen molar-refractivity contribution in [2.24, 2.45) is 0 Å². The van der Waals surface area contributed by atoms with Crippen molar-refractivity contribution in [3.05, 3.63) is 65.0 Å². The Morgan fingerprint density at radius 3 is 2.57 bits per heavy atom. The highest BCUT2D eigenvalue weighted by Crippen LogP contribution is 2.47. The predicted molar refractivity (Wildman–Crippen MR) is 132 cm³/mol. The Labute approximate surface area is 213 Å². The molecule has 0 bridgehead atoms. The van der Waals surface area contributed by atoms with Crippen LogP contribution in [0.2, 0.25) is 0 Å². The fourth-order valence-electron chi connectivity index (χ4n) is 5.98. The number of nitrogens with zero attached hydrogens (tertiary/aromatic N) is 2. The SMILES string of the molecule is CNC(=O)Nc1ccc2c(c1)CCC21OC(=O)N(CC(=O)N2[C@H](C)CC[C@]2(C)c2ccc(F)cc2)C1=O. The second kappa shape index (κ2) is 8.86. The standard InChI is InChI=1S/C27H29FN4O5/c1-16-10-12-26(2,18-4-6-19(28)7-5-18)32(16)22(33)15-31-23(34)27(37-25(31)36)13-11-17-14-20(8-9-21(17)27)30-24(35)29-3/h4-9,14,16H,10-13,15H2,1-3H3,(H2,29,30,35)/t16-,26-,27?/m1/s1. The molecule has 1 aliphatic carbocycles. The summed E-state index contributed by atoms with van der Waals surface area (Å²) in [5, 5.41) is 5.17. The van der Waals surface area contributed by atoms with E-state index in [1.807, 2.05) is 13.8 Å². The van der Waals surface area contributed by atoms with E-state index in [9.17, 15) is 23.6 Å². The van der Waals surface area contributed by atoms with E-state index in [1.54, 1.807) is 35.2 Å². The van der Waals surface area contributed by atoms with Crippen LogP contribution in [0.25, 0.3) is 0 Å². The first-order valence-corrected chi connectivity index (χ1v) is 12.3. The van der Waals surface area contributed by atoms with Crippen molar-refractivity contribution < 1.29 is 28.3 Å². The fraction of sp³-hybridized carbons (Fsp3) is 0.407. The van der Waals surface area contributed by atoms with Gasteiger partial charge in [-0.05, 0) is 68.5 Å². The van der Waals surface area contributed by atoms with Crippen LogP contribution in [0.5, 0.6) is 0 Å². The normalized spacial score (nSPS) is 26.4. The van der Waals surface area contributed by atoms with E-state index in [2.05, 4.69) is 10.6 Å². The quantitative estimate of drug-likeness (QED) is 0.656. The topological polar surface area (TPSA) is 108 Å². The van der Waals surface area contributed by atoms with Crippen LogP contribution in [-0.2, 0) is 31.9 Å². The Hall–Kier alpha value is -3.95. The second-order valence-corrected chi connectivity index (χ2v) is 10.1. The third-order valence-electron chi connectivity index (χ3n) is 7.89. The summed E-state index contributed by atoms with van der Waals surface area (Å²) in [7, 11) is 1.51. The summed E-state index contributed by atoms with van der Waals surface area (Å²) < 4.78 is 19.2. The molecule has 10 heteroatoms. The Morgan fingerprint density at radius 2 is 1.86 bits per heavy atom. The van der Waals surface area contributed by atoms with Gasteiger partial charge in [0.25, 0.3) is 5.91 Å². The molecule has 2 aromatic carbocycles. The maximum Gasteiger partial charge on any atom is 0.418 e. The summed E-state index contributed by atoms with van der Waals surface area (Å²) >= 11 is 0. The number of halogens is 1. The molecule has 2 fully saturated rings. The first-order chi connectivity index (χ1) is 17.6. The molecule has 2 heterocycles. The number of fused-ring (bicyclic) bond motifs is 2. The number of nitrogens with one attached hydrogen (secondary N) is 2. The van der Waals surface area contributed by atoms with Crippen molar-refractivity contribution in [1.29, 1.82) is 0 Å². The van der Waals surface area contributed by atoms with Crippen molar-refractivity contribution in [1.82, 2.24) is 15.1 Å². The average molecular weight is 509 g/mol. The Morgan fingerprint density at radius 1 is 1.14 bits per heavy atom. The lowest BCUT2D eigenvalue weighted by atomic mass is 9.89. The molecule has 2 N–H and O–H groups in total. The molecular weight excluding hydrogens is 479 g/mol. The van der Waals surface area contributed by atoms with Crippen LogP contribution >= 0.6 is 0 Å². The molecule has 0 aromatic heterocycles. The summed E-state index contributed by atoms with van der Waals surface area (Å²) in [6.07, 6.45) is 1.30. The number of amides is 5. The molecule has 194 valence electrons. The molecule has 3 atom stereocenters. The lowest BCUT2D eigenvalue weighted by Gasteiger charge is -2.39. The number of rotatable bonds is 4. The van der Waals surface area contributed by atoms with Crippen LogP contribution in [-0.4, -0.2) is 53.4 Å². The zero-order chi connectivity index (χ0) is 26.5. The van der Waals surface area contributed by atoms with E-state index in [0.29, 0.717) is 24.1 Å². The second-order valence-electron chi connectivity index (χ2n) is 10.1. The summed E-state index contributed by atoms with van der Waals surface area (Å²) in [5.41, 5.74) is 0.540. The third-order valence-corrected chi connectivity index (χ3v) is 7.89. The average Bonchev–Trinajstić information content (AvgIpc) is 3.47. The highest BCUT2D eigenvalue weighted by atomic mass is 19.1. The van der Waals surface area contributed by atoms with Crippen LogP contribution in [0.3, 0.4) is 0 Å². The molecule has 0 radical (unpaired) electrons. The minimum atomic E-state index is -1.48. The summed E-state index contributed by atoms with van der Waals surface area (Å²) in [6.45, 7) is 3.41. The Balaban J connectivity index is 1.38. The number of ether oxygens (including phenoxy) is 1. The first kappa shape index (κ1) is 24.7. The molecule has 1 unspecified atom stereocenters. The number of hydrogen-bond acceptors (Lipinski definition) is 5. The van der Waals surface area contributed by atoms with Crippen LogP contribution in [0, 0.1) is 5.82 Å². The number of hydrogen-bond donors (Lipinski definition) is 2. The van der Waals surface area contributed by atoms with Crippen LogP contribution in [0.4, 0.5) is 19.7 Å². The van der Waals surface area contributed by atoms with Gasteiger partial charge < -0.3 is 20.3 Å². The highest BCUT2D eigenvalue weighted by molar-refractivity contribution is 6.06. The van der Waals surface area contributed by atoms with Crippen molar-refractivity contribution in [3.63, 3.8) is 0 Å². The number of carbonyl (C=O) groups excluding carboxylic acids is 4. The van der Waals surface area contributed by atoms with Gasteiger partial charge in [0, 0.05) is 30.8 Å². The molecule has 5 amide bonds. The van der Waals surface area contributed by atoms with Gasteiger partial charge in [0.05, 0.1) is 5.54 Å². The Kier molecular flexibility index (Phi) is 5.92. The van der Waals surface area contributed by atoms with Gasteiger partial charge in [-0.15, -0.1) is 0 Å². The largest absolute Gasteiger partial charge is 0.427 e. The lowest BCUT2D eigenvalue weighted by molar-refractivity contribution is -0.144. The molecule has 1 spiro atoms. The number of benzene rings is 2. The van der Waals surface area contributed by atoms with Crippen LogP contribution in [0.15, 0.2) is 42.5 Å². The molecule has 2 saturated heterocycles. The van der Waals surface area contributed by atoms with E-state index < -0.39 is 29.7 Å². The number of likely N-dealkylation sites (tertiary alicyclic amines) is 1. The monoisotopic (exact) mass is 508 g/mol. The molecule has 2 aromatic rings. The van der Waals surface area contributed by atoms with E-state index in [0.717, 1.165) is 22.4 Å². The van der Waals surface area contributed by atoms with Gasteiger partial charge >= 0.3 is 12.1 Å². The minimum absolute atomic E-state index is 0.122. The van der Waals surface area contributed by atoms with Crippen LogP contribution < -0.4 is 10.6 Å². The third kappa shape index (κ3) is 3.91. The number of aryl methyl sites for hydroxylation is 1. The van der Waals surface area contributed by atoms with Gasteiger partial charge in [0.1, 0.15) is 12.4 Å². The van der Waals surface area contributed by atoms with Gasteiger partial charge in [-0.25, -0.2) is 18.9 Å². The molecule has 5 rings (SSSR count). The molecular formula is C27H29FN4O5. The molecule has 0 saturated carbocycles. The molecule has 2 aliphatic heterocycles. The van der Waals surface area contributed by atoms with Crippen molar-refractivity contribution in [2.45, 2.75) is 56.7 Å². The van der Waals surface area contributed by atoms with E-state index in [1.165, 1.54) is 19.2 Å². The maximum atomic E-state index is 13.6. The van der Waals surface area contributed by atoms with E-state index in [4.69, 9.17) is 4.74 Å². The van der Waals surface area contributed by atoms with Crippen molar-refractivity contribution in [2.75, 3.05) is 18.9 Å². The van der Waals surface area contributed by atoms with Gasteiger partial charge in [-0.2, -0.15) is 0 Å². The van der Waals surface area contributed by atoms with Gasteiger partial charge in [-0.1, -0.05) is 18.2 Å². The number of carbonyl (C=O) groups is 4. The minimum Gasteiger partial charge on any atom is -0.427 e. The zero-order valence-electron chi connectivity index (χ0n) is 21.0. The fourth-order valence-corrected chi connectivity index (χ4v) is 5.98. The number of anilines is 1. The summed E-state index contributed by atoms with van der Waals surface area (Å²) in [5.74, 6) is -1.30. The predicted octanol–water partition coefficient (Wildman–Crippen LogP) is 3.62. The Bertz CT molecular complexity index is 1300. The van der Waals surface area contributed by atoms with Gasteiger partial charge in [0.2, 0.25) is 11.5 Å². The van der Waals surface area contributed by atoms with Gasteiger partial charge in [-0.3, -0.25) is 9.59 Å².